The predicted molar refractivity (Wildman–Crippen MR) is 126 cm³/mol. The van der Waals surface area contributed by atoms with Crippen molar-refractivity contribution in [1.82, 2.24) is 0 Å². The van der Waals surface area contributed by atoms with Crippen LogP contribution in [0.15, 0.2) is 0 Å². The van der Waals surface area contributed by atoms with E-state index in [2.05, 4.69) is 0 Å². The largest absolute Gasteiger partial charge is 0.466 e. The molecular formula is C24H42O12. The zero-order chi connectivity index (χ0) is 27.2. The number of hydrogen-bond donors (Lipinski definition) is 0. The molecular weight excluding hydrogens is 480 g/mol. The molecule has 1 unspecified atom stereocenters. The first-order valence-corrected chi connectivity index (χ1v) is 12.4. The Morgan fingerprint density at radius 1 is 0.528 bits per heavy atom. The van der Waals surface area contributed by atoms with Crippen molar-refractivity contribution < 1.29 is 57.1 Å². The van der Waals surface area contributed by atoms with Gasteiger partial charge in [-0.2, -0.15) is 0 Å². The lowest BCUT2D eigenvalue weighted by Gasteiger charge is -2.32. The topological polar surface area (TPSA) is 142 Å². The first-order valence-electron chi connectivity index (χ1n) is 12.4. The van der Waals surface area contributed by atoms with E-state index in [0.29, 0.717) is 33.0 Å². The van der Waals surface area contributed by atoms with Crippen molar-refractivity contribution in [3.63, 3.8) is 0 Å². The minimum Gasteiger partial charge on any atom is -0.466 e. The summed E-state index contributed by atoms with van der Waals surface area (Å²) >= 11 is 0. The molecule has 0 amide bonds. The second-order valence-electron chi connectivity index (χ2n) is 7.19. The van der Waals surface area contributed by atoms with Crippen LogP contribution in [0.5, 0.6) is 0 Å². The minimum atomic E-state index is -2.75. The molecule has 36 heavy (non-hydrogen) atoms. The molecule has 12 heteroatoms. The maximum Gasteiger partial charge on any atom is 0.336 e. The molecule has 0 N–H and O–H groups in total. The van der Waals surface area contributed by atoms with E-state index in [0.717, 1.165) is 6.42 Å². The van der Waals surface area contributed by atoms with Gasteiger partial charge >= 0.3 is 23.9 Å². The number of esters is 4. The first-order chi connectivity index (χ1) is 17.4. The molecule has 0 aliphatic heterocycles. The van der Waals surface area contributed by atoms with E-state index in [1.165, 1.54) is 20.8 Å². The van der Waals surface area contributed by atoms with Crippen molar-refractivity contribution in [1.29, 1.82) is 0 Å². The predicted octanol–water partition coefficient (Wildman–Crippen LogP) is 1.32. The van der Waals surface area contributed by atoms with E-state index in [-0.39, 0.29) is 39.6 Å². The highest BCUT2D eigenvalue weighted by molar-refractivity contribution is 6.20. The summed E-state index contributed by atoms with van der Waals surface area (Å²) in [6, 6.07) is 0. The highest BCUT2D eigenvalue weighted by atomic mass is 16.6. The summed E-state index contributed by atoms with van der Waals surface area (Å²) in [6.07, 6.45) is 0.945. The molecule has 0 aromatic carbocycles. The van der Waals surface area contributed by atoms with Gasteiger partial charge in [0.1, 0.15) is 5.92 Å². The van der Waals surface area contributed by atoms with Crippen LogP contribution in [0.2, 0.25) is 0 Å². The Labute approximate surface area is 213 Å². The quantitative estimate of drug-likeness (QED) is 0.0875. The molecule has 0 spiro atoms. The monoisotopic (exact) mass is 522 g/mol. The van der Waals surface area contributed by atoms with Crippen molar-refractivity contribution >= 4 is 23.9 Å². The number of ether oxygens (including phenoxy) is 8. The molecule has 0 fully saturated rings. The van der Waals surface area contributed by atoms with Crippen LogP contribution in [0, 0.1) is 11.3 Å². The third-order valence-corrected chi connectivity index (χ3v) is 4.64. The highest BCUT2D eigenvalue weighted by Gasteiger charge is 2.65. The number of hydrogen-bond acceptors (Lipinski definition) is 12. The van der Waals surface area contributed by atoms with Crippen LogP contribution >= 0.6 is 0 Å². The summed E-state index contributed by atoms with van der Waals surface area (Å²) in [5.41, 5.74) is -2.75. The molecule has 0 saturated carbocycles. The molecule has 0 heterocycles. The lowest BCUT2D eigenvalue weighted by Crippen LogP contribution is -2.58. The smallest absolute Gasteiger partial charge is 0.336 e. The van der Waals surface area contributed by atoms with Gasteiger partial charge in [0.25, 0.3) is 5.41 Å². The summed E-state index contributed by atoms with van der Waals surface area (Å²) in [7, 11) is 0. The standard InChI is InChI=1S/C24H42O12/c1-6-11-29-12-13-30-14-15-31-16-17-32-18-19(20(25)33-7-2)24(21(26)34-8-3,22(27)35-9-4)23(28)36-10-5/h19H,6-18H2,1-5H3. The average Bonchev–Trinajstić information content (AvgIpc) is 2.84. The molecule has 1 atom stereocenters. The fourth-order valence-corrected chi connectivity index (χ4v) is 3.03. The molecule has 0 saturated heterocycles. The van der Waals surface area contributed by atoms with E-state index in [1.54, 1.807) is 6.92 Å². The van der Waals surface area contributed by atoms with Gasteiger partial charge in [0.15, 0.2) is 0 Å². The molecule has 0 aromatic heterocycles. The Morgan fingerprint density at radius 2 is 0.889 bits per heavy atom. The molecule has 0 aromatic rings. The van der Waals surface area contributed by atoms with E-state index in [1.807, 2.05) is 6.92 Å². The summed E-state index contributed by atoms with van der Waals surface area (Å²) in [6.45, 7) is 9.45. The second kappa shape index (κ2) is 20.9. The van der Waals surface area contributed by atoms with Crippen molar-refractivity contribution in [2.24, 2.45) is 11.3 Å². The molecule has 12 nitrogen and oxygen atoms in total. The Hall–Kier alpha value is -2.28. The van der Waals surface area contributed by atoms with Crippen LogP contribution in [0.25, 0.3) is 0 Å². The highest BCUT2D eigenvalue weighted by Crippen LogP contribution is 2.35. The summed E-state index contributed by atoms with van der Waals surface area (Å²) in [4.78, 5) is 52.0. The van der Waals surface area contributed by atoms with Gasteiger partial charge in [-0.3, -0.25) is 19.2 Å². The van der Waals surface area contributed by atoms with Crippen LogP contribution in [-0.4, -0.2) is 103 Å². The van der Waals surface area contributed by atoms with Gasteiger partial charge in [0.05, 0.1) is 72.7 Å². The normalized spacial score (nSPS) is 12.0. The van der Waals surface area contributed by atoms with Crippen LogP contribution in [0.1, 0.15) is 41.0 Å². The molecule has 0 bridgehead atoms. The lowest BCUT2D eigenvalue weighted by atomic mass is 9.75. The van der Waals surface area contributed by atoms with Crippen molar-refractivity contribution in [2.45, 2.75) is 41.0 Å². The molecule has 0 rings (SSSR count). The molecule has 0 radical (unpaired) electrons. The van der Waals surface area contributed by atoms with Gasteiger partial charge in [-0.15, -0.1) is 0 Å². The van der Waals surface area contributed by atoms with Crippen molar-refractivity contribution in [3.05, 3.63) is 0 Å². The van der Waals surface area contributed by atoms with Crippen molar-refractivity contribution in [3.8, 4) is 0 Å². The zero-order valence-corrected chi connectivity index (χ0v) is 22.2. The Bertz CT molecular complexity index is 591. The van der Waals surface area contributed by atoms with Gasteiger partial charge < -0.3 is 37.9 Å². The van der Waals surface area contributed by atoms with E-state index in [4.69, 9.17) is 37.9 Å². The van der Waals surface area contributed by atoms with Gasteiger partial charge in [-0.25, -0.2) is 0 Å². The molecule has 0 aliphatic rings. The number of carbonyl (C=O) groups is 4. The zero-order valence-electron chi connectivity index (χ0n) is 22.2. The van der Waals surface area contributed by atoms with E-state index in [9.17, 15) is 19.2 Å². The first kappa shape index (κ1) is 33.7. The summed E-state index contributed by atoms with van der Waals surface area (Å²) in [5, 5.41) is 0. The Kier molecular flexibility index (Phi) is 19.5. The number of carbonyl (C=O) groups excluding carboxylic acids is 4. The summed E-state index contributed by atoms with van der Waals surface area (Å²) in [5.74, 6) is -6.55. The van der Waals surface area contributed by atoms with Gasteiger partial charge in [0, 0.05) is 6.61 Å². The maximum atomic E-state index is 13.0. The average molecular weight is 523 g/mol. The second-order valence-corrected chi connectivity index (χ2v) is 7.19. The maximum absolute atomic E-state index is 13.0. The van der Waals surface area contributed by atoms with E-state index >= 15 is 0 Å². The van der Waals surface area contributed by atoms with Crippen LogP contribution in [0.4, 0.5) is 0 Å². The van der Waals surface area contributed by atoms with Crippen LogP contribution < -0.4 is 0 Å². The van der Waals surface area contributed by atoms with Gasteiger partial charge in [-0.1, -0.05) is 6.92 Å². The van der Waals surface area contributed by atoms with Gasteiger partial charge in [0.2, 0.25) is 0 Å². The summed E-state index contributed by atoms with van der Waals surface area (Å²) < 4.78 is 41.7. The lowest BCUT2D eigenvalue weighted by molar-refractivity contribution is -0.196. The van der Waals surface area contributed by atoms with E-state index < -0.39 is 41.8 Å². The fraction of sp³-hybridized carbons (Fsp3) is 0.833. The Balaban J connectivity index is 5.32. The van der Waals surface area contributed by atoms with Crippen LogP contribution in [-0.2, 0) is 57.1 Å². The fourth-order valence-electron chi connectivity index (χ4n) is 3.03. The number of rotatable bonds is 22. The van der Waals surface area contributed by atoms with Gasteiger partial charge in [-0.05, 0) is 34.1 Å². The Morgan fingerprint density at radius 3 is 1.25 bits per heavy atom. The SMILES string of the molecule is CCCOCCOCCOCCOCC(C(=O)OCC)C(C(=O)OCC)(C(=O)OCC)C(=O)OCC. The van der Waals surface area contributed by atoms with Crippen LogP contribution in [0.3, 0.4) is 0 Å². The van der Waals surface area contributed by atoms with Crippen molar-refractivity contribution in [2.75, 3.05) is 79.3 Å². The molecule has 210 valence electrons. The third-order valence-electron chi connectivity index (χ3n) is 4.64. The molecule has 0 aliphatic carbocycles. The minimum absolute atomic E-state index is 0.0000717. The third kappa shape index (κ3) is 11.2.